The second-order valence-electron chi connectivity index (χ2n) is 4.87. The molecule has 1 aliphatic rings. The summed E-state index contributed by atoms with van der Waals surface area (Å²) in [5.41, 5.74) is 1.54. The van der Waals surface area contributed by atoms with Gasteiger partial charge in [-0.15, -0.1) is 0 Å². The van der Waals surface area contributed by atoms with Crippen molar-refractivity contribution in [3.63, 3.8) is 0 Å². The molecule has 0 amide bonds. The van der Waals surface area contributed by atoms with Crippen LogP contribution in [0.25, 0.3) is 11.0 Å². The Morgan fingerprint density at radius 3 is 3.00 bits per heavy atom. The van der Waals surface area contributed by atoms with E-state index in [4.69, 9.17) is 0 Å². The number of nitrogens with zero attached hydrogens (tertiary/aromatic N) is 1. The van der Waals surface area contributed by atoms with Gasteiger partial charge in [0.25, 0.3) is 0 Å². The first-order valence-corrected chi connectivity index (χ1v) is 6.14. The first-order valence-electron chi connectivity index (χ1n) is 6.14. The zero-order chi connectivity index (χ0) is 11.8. The maximum Gasteiger partial charge on any atom is 0.201 e. The van der Waals surface area contributed by atoms with Crippen LogP contribution < -0.4 is 5.32 Å². The Bertz CT molecular complexity index is 530. The van der Waals surface area contributed by atoms with Crippen LogP contribution in [0.5, 0.6) is 0 Å². The van der Waals surface area contributed by atoms with Crippen molar-refractivity contribution >= 4 is 17.0 Å². The van der Waals surface area contributed by atoms with Gasteiger partial charge in [0.15, 0.2) is 0 Å². The molecule has 0 aliphatic heterocycles. The molecule has 3 nitrogen and oxygen atoms in total. The number of nitrogens with one attached hydrogen (secondary N) is 2. The van der Waals surface area contributed by atoms with Gasteiger partial charge in [-0.05, 0) is 43.9 Å². The van der Waals surface area contributed by atoms with Crippen molar-refractivity contribution in [2.24, 2.45) is 5.92 Å². The molecular weight excluding hydrogens is 217 g/mol. The molecular formula is C13H16FN3. The highest BCUT2D eigenvalue weighted by atomic mass is 19.1. The standard InChI is InChI=1S/C13H16FN3/c1-8(9-3-2-4-9)15-13-16-11-6-5-10(14)7-12(11)17-13/h5-9H,2-4H2,1H3,(H2,15,16,17). The number of rotatable bonds is 3. The lowest BCUT2D eigenvalue weighted by Crippen LogP contribution is -2.31. The predicted octanol–water partition coefficient (Wildman–Crippen LogP) is 3.30. The van der Waals surface area contributed by atoms with Gasteiger partial charge in [0, 0.05) is 6.04 Å². The summed E-state index contributed by atoms with van der Waals surface area (Å²) in [7, 11) is 0. The van der Waals surface area contributed by atoms with Crippen molar-refractivity contribution in [1.82, 2.24) is 9.97 Å². The molecule has 1 fully saturated rings. The van der Waals surface area contributed by atoms with E-state index in [2.05, 4.69) is 22.2 Å². The van der Waals surface area contributed by atoms with Crippen LogP contribution in [-0.2, 0) is 0 Å². The fourth-order valence-corrected chi connectivity index (χ4v) is 2.32. The first-order chi connectivity index (χ1) is 8.22. The second-order valence-corrected chi connectivity index (χ2v) is 4.87. The van der Waals surface area contributed by atoms with Gasteiger partial charge in [0.2, 0.25) is 5.95 Å². The molecule has 2 aromatic rings. The summed E-state index contributed by atoms with van der Waals surface area (Å²) in [4.78, 5) is 7.51. The Labute approximate surface area is 99.4 Å². The van der Waals surface area contributed by atoms with Crippen LogP contribution in [0.1, 0.15) is 26.2 Å². The molecule has 1 aromatic carbocycles. The van der Waals surface area contributed by atoms with Crippen molar-refractivity contribution in [2.75, 3.05) is 5.32 Å². The van der Waals surface area contributed by atoms with Crippen LogP contribution in [0.3, 0.4) is 0 Å². The van der Waals surface area contributed by atoms with Crippen molar-refractivity contribution in [3.05, 3.63) is 24.0 Å². The van der Waals surface area contributed by atoms with Gasteiger partial charge in [-0.3, -0.25) is 0 Å². The molecule has 17 heavy (non-hydrogen) atoms. The van der Waals surface area contributed by atoms with Crippen molar-refractivity contribution < 1.29 is 4.39 Å². The highest BCUT2D eigenvalue weighted by molar-refractivity contribution is 5.77. The number of aromatic nitrogens is 2. The minimum Gasteiger partial charge on any atom is -0.353 e. The van der Waals surface area contributed by atoms with Crippen molar-refractivity contribution in [2.45, 2.75) is 32.2 Å². The molecule has 3 rings (SSSR count). The Hall–Kier alpha value is -1.58. The SMILES string of the molecule is CC(Nc1nc2ccc(F)cc2[nH]1)C1CCC1. The molecule has 0 spiro atoms. The third-order valence-electron chi connectivity index (χ3n) is 3.67. The Morgan fingerprint density at radius 2 is 2.29 bits per heavy atom. The molecule has 1 aliphatic carbocycles. The Morgan fingerprint density at radius 1 is 1.47 bits per heavy atom. The third kappa shape index (κ3) is 1.99. The van der Waals surface area contributed by atoms with E-state index in [1.54, 1.807) is 6.07 Å². The summed E-state index contributed by atoms with van der Waals surface area (Å²) in [5, 5.41) is 3.36. The number of imidazole rings is 1. The second kappa shape index (κ2) is 4.02. The van der Waals surface area contributed by atoms with Crippen molar-refractivity contribution in [1.29, 1.82) is 0 Å². The van der Waals surface area contributed by atoms with Gasteiger partial charge < -0.3 is 10.3 Å². The summed E-state index contributed by atoms with van der Waals surface area (Å²) in [5.74, 6) is 1.25. The van der Waals surface area contributed by atoms with Crippen molar-refractivity contribution in [3.8, 4) is 0 Å². The summed E-state index contributed by atoms with van der Waals surface area (Å²) >= 11 is 0. The minimum atomic E-state index is -0.236. The summed E-state index contributed by atoms with van der Waals surface area (Å²) in [6.07, 6.45) is 3.92. The average Bonchev–Trinajstić information content (AvgIpc) is 2.55. The monoisotopic (exact) mass is 233 g/mol. The number of halogens is 1. The summed E-state index contributed by atoms with van der Waals surface area (Å²) in [6.45, 7) is 2.18. The highest BCUT2D eigenvalue weighted by Crippen LogP contribution is 2.30. The molecule has 0 saturated heterocycles. The fraction of sp³-hybridized carbons (Fsp3) is 0.462. The number of hydrogen-bond acceptors (Lipinski definition) is 2. The normalized spacial score (nSPS) is 18.0. The molecule has 2 N–H and O–H groups in total. The zero-order valence-corrected chi connectivity index (χ0v) is 9.83. The van der Waals surface area contributed by atoms with E-state index in [1.165, 1.54) is 31.4 Å². The molecule has 4 heteroatoms. The van der Waals surface area contributed by atoms with Crippen LogP contribution in [0, 0.1) is 11.7 Å². The molecule has 0 radical (unpaired) electrons. The summed E-state index contributed by atoms with van der Waals surface area (Å²) in [6, 6.07) is 5.03. The largest absolute Gasteiger partial charge is 0.353 e. The third-order valence-corrected chi connectivity index (χ3v) is 3.67. The van der Waals surface area contributed by atoms with Gasteiger partial charge in [-0.2, -0.15) is 0 Å². The number of fused-ring (bicyclic) bond motifs is 1. The quantitative estimate of drug-likeness (QED) is 0.854. The topological polar surface area (TPSA) is 40.7 Å². The van der Waals surface area contributed by atoms with E-state index in [-0.39, 0.29) is 5.82 Å². The van der Waals surface area contributed by atoms with Crippen LogP contribution in [0.2, 0.25) is 0 Å². The lowest BCUT2D eigenvalue weighted by Gasteiger charge is -2.31. The lowest BCUT2D eigenvalue weighted by atomic mass is 9.80. The van der Waals surface area contributed by atoms with Crippen LogP contribution in [-0.4, -0.2) is 16.0 Å². The first kappa shape index (κ1) is 10.6. The van der Waals surface area contributed by atoms with Gasteiger partial charge in [-0.25, -0.2) is 9.37 Å². The Kier molecular flexibility index (Phi) is 2.50. The summed E-state index contributed by atoms with van der Waals surface area (Å²) < 4.78 is 13.0. The highest BCUT2D eigenvalue weighted by Gasteiger charge is 2.24. The fourth-order valence-electron chi connectivity index (χ4n) is 2.32. The zero-order valence-electron chi connectivity index (χ0n) is 9.83. The van der Waals surface area contributed by atoms with E-state index in [9.17, 15) is 4.39 Å². The molecule has 0 bridgehead atoms. The Balaban J connectivity index is 1.80. The van der Waals surface area contributed by atoms with Gasteiger partial charge in [0.1, 0.15) is 5.82 Å². The van der Waals surface area contributed by atoms with E-state index >= 15 is 0 Å². The average molecular weight is 233 g/mol. The maximum absolute atomic E-state index is 13.0. The van der Waals surface area contributed by atoms with Gasteiger partial charge in [-0.1, -0.05) is 6.42 Å². The maximum atomic E-state index is 13.0. The minimum absolute atomic E-state index is 0.236. The number of anilines is 1. The molecule has 1 heterocycles. The van der Waals surface area contributed by atoms with E-state index < -0.39 is 0 Å². The van der Waals surface area contributed by atoms with E-state index in [1.807, 2.05) is 0 Å². The molecule has 1 unspecified atom stereocenters. The number of benzene rings is 1. The molecule has 1 saturated carbocycles. The lowest BCUT2D eigenvalue weighted by molar-refractivity contribution is 0.284. The number of aromatic amines is 1. The van der Waals surface area contributed by atoms with Crippen LogP contribution in [0.15, 0.2) is 18.2 Å². The molecule has 1 atom stereocenters. The molecule has 1 aromatic heterocycles. The molecule has 90 valence electrons. The van der Waals surface area contributed by atoms with E-state index in [0.717, 1.165) is 22.9 Å². The van der Waals surface area contributed by atoms with Crippen LogP contribution >= 0.6 is 0 Å². The predicted molar refractivity (Wildman–Crippen MR) is 66.5 cm³/mol. The van der Waals surface area contributed by atoms with Gasteiger partial charge >= 0.3 is 0 Å². The number of H-pyrrole nitrogens is 1. The van der Waals surface area contributed by atoms with E-state index in [0.29, 0.717) is 6.04 Å². The van der Waals surface area contributed by atoms with Crippen LogP contribution in [0.4, 0.5) is 10.3 Å². The van der Waals surface area contributed by atoms with Gasteiger partial charge in [0.05, 0.1) is 11.0 Å². The number of hydrogen-bond donors (Lipinski definition) is 2. The smallest absolute Gasteiger partial charge is 0.201 e.